The Balaban J connectivity index is 1.39. The van der Waals surface area contributed by atoms with Gasteiger partial charge in [-0.15, -0.1) is 0 Å². The Morgan fingerprint density at radius 3 is 2.69 bits per heavy atom. The smallest absolute Gasteiger partial charge is 0.324 e. The van der Waals surface area contributed by atoms with Crippen molar-refractivity contribution in [3.05, 3.63) is 59.7 Å². The molecular formula is C21H19N3O5. The van der Waals surface area contributed by atoms with Crippen molar-refractivity contribution in [2.45, 2.75) is 25.0 Å². The predicted octanol–water partition coefficient (Wildman–Crippen LogP) is 1.75. The van der Waals surface area contributed by atoms with Crippen LogP contribution in [0.4, 0.5) is 4.79 Å². The molecule has 1 N–H and O–H groups in total. The average molecular weight is 393 g/mol. The Kier molecular flexibility index (Phi) is 4.12. The fraction of sp³-hybridized carbons (Fsp3) is 0.286. The van der Waals surface area contributed by atoms with E-state index in [0.29, 0.717) is 30.0 Å². The van der Waals surface area contributed by atoms with Crippen LogP contribution in [0.1, 0.15) is 22.3 Å². The monoisotopic (exact) mass is 393 g/mol. The van der Waals surface area contributed by atoms with Gasteiger partial charge >= 0.3 is 6.03 Å². The minimum absolute atomic E-state index is 0.125. The van der Waals surface area contributed by atoms with E-state index in [1.54, 1.807) is 23.1 Å². The van der Waals surface area contributed by atoms with E-state index < -0.39 is 12.1 Å². The summed E-state index contributed by atoms with van der Waals surface area (Å²) >= 11 is 0. The molecule has 8 nitrogen and oxygen atoms in total. The number of nitrogens with zero attached hydrogens (tertiary/aromatic N) is 2. The number of benzene rings is 2. The Morgan fingerprint density at radius 1 is 1.07 bits per heavy atom. The average Bonchev–Trinajstić information content (AvgIpc) is 3.37. The molecule has 3 heterocycles. The van der Waals surface area contributed by atoms with Crippen LogP contribution in [-0.4, -0.2) is 53.1 Å². The summed E-state index contributed by atoms with van der Waals surface area (Å²) in [6, 6.07) is 12.8. The third-order valence-electron chi connectivity index (χ3n) is 5.53. The van der Waals surface area contributed by atoms with Crippen molar-refractivity contribution >= 4 is 17.8 Å². The highest BCUT2D eigenvalue weighted by molar-refractivity contribution is 6.04. The van der Waals surface area contributed by atoms with E-state index in [0.717, 1.165) is 5.56 Å². The first-order valence-corrected chi connectivity index (χ1v) is 9.48. The van der Waals surface area contributed by atoms with Crippen molar-refractivity contribution in [2.75, 3.05) is 13.3 Å². The van der Waals surface area contributed by atoms with Crippen LogP contribution in [0.5, 0.6) is 11.5 Å². The van der Waals surface area contributed by atoms with Crippen molar-refractivity contribution in [1.29, 1.82) is 0 Å². The number of fused-ring (bicyclic) bond motifs is 2. The van der Waals surface area contributed by atoms with Gasteiger partial charge in [-0.25, -0.2) is 4.79 Å². The summed E-state index contributed by atoms with van der Waals surface area (Å²) in [7, 11) is 0. The van der Waals surface area contributed by atoms with Gasteiger partial charge in [0.15, 0.2) is 11.5 Å². The van der Waals surface area contributed by atoms with Crippen LogP contribution in [0, 0.1) is 0 Å². The molecule has 0 saturated carbocycles. The standard InChI is InChI=1S/C21H19N3O5/c25-19(14-6-7-16-17(10-14)29-12-28-16)23-9-8-15-18(23)20(26)24(21(27)22-15)11-13-4-2-1-3-5-13/h1-7,10,15,18H,8-9,11-12H2,(H,22,27)/t15-,18-/m1/s1. The molecule has 4 amide bonds. The Morgan fingerprint density at radius 2 is 1.86 bits per heavy atom. The molecule has 2 atom stereocenters. The maximum atomic E-state index is 13.2. The number of carbonyl (C=O) groups is 3. The van der Waals surface area contributed by atoms with Crippen molar-refractivity contribution in [3.8, 4) is 11.5 Å². The summed E-state index contributed by atoms with van der Waals surface area (Å²) in [4.78, 5) is 41.5. The molecule has 0 radical (unpaired) electrons. The van der Waals surface area contributed by atoms with Gasteiger partial charge in [0, 0.05) is 12.1 Å². The van der Waals surface area contributed by atoms with E-state index in [9.17, 15) is 14.4 Å². The molecule has 0 aromatic heterocycles. The molecule has 0 spiro atoms. The minimum Gasteiger partial charge on any atom is -0.454 e. The fourth-order valence-corrected chi connectivity index (χ4v) is 4.08. The normalized spacial score (nSPS) is 22.5. The second-order valence-electron chi connectivity index (χ2n) is 7.27. The van der Waals surface area contributed by atoms with E-state index in [1.165, 1.54) is 4.90 Å². The first-order chi connectivity index (χ1) is 14.1. The molecule has 3 aliphatic rings. The Hall–Kier alpha value is -3.55. The van der Waals surface area contributed by atoms with E-state index in [4.69, 9.17) is 9.47 Å². The molecule has 2 saturated heterocycles. The van der Waals surface area contributed by atoms with Crippen LogP contribution in [0.15, 0.2) is 48.5 Å². The molecule has 3 aliphatic heterocycles. The molecule has 0 bridgehead atoms. The zero-order valence-electron chi connectivity index (χ0n) is 15.5. The highest BCUT2D eigenvalue weighted by Gasteiger charge is 2.49. The highest BCUT2D eigenvalue weighted by atomic mass is 16.7. The lowest BCUT2D eigenvalue weighted by atomic mass is 10.0. The third kappa shape index (κ3) is 2.97. The molecule has 2 aromatic rings. The number of hydrogen-bond acceptors (Lipinski definition) is 5. The van der Waals surface area contributed by atoms with Gasteiger partial charge in [-0.3, -0.25) is 14.5 Å². The summed E-state index contributed by atoms with van der Waals surface area (Å²) in [5, 5.41) is 2.88. The van der Waals surface area contributed by atoms with Crippen molar-refractivity contribution in [3.63, 3.8) is 0 Å². The van der Waals surface area contributed by atoms with E-state index in [1.807, 2.05) is 30.3 Å². The van der Waals surface area contributed by atoms with Crippen molar-refractivity contribution in [2.24, 2.45) is 0 Å². The number of likely N-dealkylation sites (tertiary alicyclic amines) is 1. The molecule has 2 aromatic carbocycles. The maximum absolute atomic E-state index is 13.2. The van der Waals surface area contributed by atoms with Gasteiger partial charge in [0.25, 0.3) is 11.8 Å². The molecule has 2 fully saturated rings. The summed E-state index contributed by atoms with van der Waals surface area (Å²) in [6.45, 7) is 0.689. The molecule has 148 valence electrons. The molecule has 0 unspecified atom stereocenters. The number of ether oxygens (including phenoxy) is 2. The van der Waals surface area contributed by atoms with Gasteiger partial charge in [-0.05, 0) is 30.2 Å². The Labute approximate surface area is 167 Å². The maximum Gasteiger partial charge on any atom is 0.324 e. The van der Waals surface area contributed by atoms with Gasteiger partial charge < -0.3 is 19.7 Å². The fourth-order valence-electron chi connectivity index (χ4n) is 4.08. The lowest BCUT2D eigenvalue weighted by Crippen LogP contribution is -2.64. The minimum atomic E-state index is -0.714. The number of amides is 4. The first-order valence-electron chi connectivity index (χ1n) is 9.48. The summed E-state index contributed by atoms with van der Waals surface area (Å²) < 4.78 is 10.6. The number of nitrogens with one attached hydrogen (secondary N) is 1. The van der Waals surface area contributed by atoms with Gasteiger partial charge in [0.2, 0.25) is 6.79 Å². The number of urea groups is 1. The van der Waals surface area contributed by atoms with Crippen LogP contribution in [0.3, 0.4) is 0 Å². The van der Waals surface area contributed by atoms with E-state index in [-0.39, 0.29) is 31.2 Å². The van der Waals surface area contributed by atoms with Crippen molar-refractivity contribution in [1.82, 2.24) is 15.1 Å². The number of rotatable bonds is 3. The molecule has 0 aliphatic carbocycles. The Bertz CT molecular complexity index is 993. The molecule has 8 heteroatoms. The van der Waals surface area contributed by atoms with E-state index in [2.05, 4.69) is 5.32 Å². The predicted molar refractivity (Wildman–Crippen MR) is 101 cm³/mol. The topological polar surface area (TPSA) is 88.2 Å². The highest BCUT2D eigenvalue weighted by Crippen LogP contribution is 2.34. The SMILES string of the molecule is O=C1N[C@@H]2CCN(C(=O)c3ccc4c(c3)OCO4)[C@H]2C(=O)N1Cc1ccccc1. The lowest BCUT2D eigenvalue weighted by molar-refractivity contribution is -0.134. The zero-order chi connectivity index (χ0) is 20.0. The van der Waals surface area contributed by atoms with Gasteiger partial charge in [-0.1, -0.05) is 30.3 Å². The first kappa shape index (κ1) is 17.5. The number of hydrogen-bond donors (Lipinski definition) is 1. The largest absolute Gasteiger partial charge is 0.454 e. The number of imide groups is 1. The molecule has 29 heavy (non-hydrogen) atoms. The van der Waals surface area contributed by atoms with Crippen LogP contribution in [-0.2, 0) is 11.3 Å². The second kappa shape index (κ2) is 6.80. The van der Waals surface area contributed by atoms with Crippen LogP contribution < -0.4 is 14.8 Å². The molecular weight excluding hydrogens is 374 g/mol. The number of carbonyl (C=O) groups excluding carboxylic acids is 3. The molecule has 5 rings (SSSR count). The van der Waals surface area contributed by atoms with E-state index >= 15 is 0 Å². The second-order valence-corrected chi connectivity index (χ2v) is 7.27. The lowest BCUT2D eigenvalue weighted by Gasteiger charge is -2.37. The quantitative estimate of drug-likeness (QED) is 0.858. The summed E-state index contributed by atoms with van der Waals surface area (Å²) in [6.07, 6.45) is 0.539. The van der Waals surface area contributed by atoms with Gasteiger partial charge in [-0.2, -0.15) is 0 Å². The van der Waals surface area contributed by atoms with Crippen molar-refractivity contribution < 1.29 is 23.9 Å². The third-order valence-corrected chi connectivity index (χ3v) is 5.53. The van der Waals surface area contributed by atoms with Gasteiger partial charge in [0.05, 0.1) is 12.6 Å². The van der Waals surface area contributed by atoms with Crippen LogP contribution in [0.25, 0.3) is 0 Å². The zero-order valence-corrected chi connectivity index (χ0v) is 15.5. The van der Waals surface area contributed by atoms with Crippen LogP contribution >= 0.6 is 0 Å². The van der Waals surface area contributed by atoms with Gasteiger partial charge in [0.1, 0.15) is 6.04 Å². The summed E-state index contributed by atoms with van der Waals surface area (Å²) in [5.41, 5.74) is 1.27. The van der Waals surface area contributed by atoms with Crippen LogP contribution in [0.2, 0.25) is 0 Å². The summed E-state index contributed by atoms with van der Waals surface area (Å²) in [5.74, 6) is 0.491.